The first kappa shape index (κ1) is 18.7. The van der Waals surface area contributed by atoms with Crippen molar-refractivity contribution in [3.63, 3.8) is 0 Å². The molecule has 0 aliphatic heterocycles. The Bertz CT molecular complexity index is 752. The summed E-state index contributed by atoms with van der Waals surface area (Å²) in [7, 11) is 3.32. The minimum atomic E-state index is -0.402. The van der Waals surface area contributed by atoms with Crippen molar-refractivity contribution >= 4 is 29.4 Å². The van der Waals surface area contributed by atoms with E-state index in [4.69, 9.17) is 10.5 Å². The molecule has 2 rings (SSSR count). The Morgan fingerprint density at radius 3 is 2.68 bits per heavy atom. The van der Waals surface area contributed by atoms with Gasteiger partial charge in [-0.15, -0.1) is 11.8 Å². The van der Waals surface area contributed by atoms with E-state index in [0.29, 0.717) is 12.2 Å². The molecule has 0 saturated carbocycles. The summed E-state index contributed by atoms with van der Waals surface area (Å²) in [4.78, 5) is 25.8. The fourth-order valence-corrected chi connectivity index (χ4v) is 2.92. The van der Waals surface area contributed by atoms with Gasteiger partial charge in [0.05, 0.1) is 18.6 Å². The fraction of sp³-hybridized carbons (Fsp3) is 0.222. The van der Waals surface area contributed by atoms with Crippen molar-refractivity contribution in [2.24, 2.45) is 5.73 Å². The fourth-order valence-electron chi connectivity index (χ4n) is 2.17. The Kier molecular flexibility index (Phi) is 6.71. The molecule has 0 aliphatic carbocycles. The number of para-hydroxylation sites is 1. The van der Waals surface area contributed by atoms with E-state index in [0.717, 1.165) is 16.2 Å². The molecule has 2 aromatic rings. The smallest absolute Gasteiger partial charge is 0.321 e. The van der Waals surface area contributed by atoms with Gasteiger partial charge in [0.1, 0.15) is 5.75 Å². The second-order valence-corrected chi connectivity index (χ2v) is 6.41. The normalized spacial score (nSPS) is 10.2. The third-order valence-corrected chi connectivity index (χ3v) is 4.50. The van der Waals surface area contributed by atoms with Crippen LogP contribution in [0.4, 0.5) is 10.5 Å². The second-order valence-electron chi connectivity index (χ2n) is 5.39. The predicted molar refractivity (Wildman–Crippen MR) is 99.8 cm³/mol. The highest BCUT2D eigenvalue weighted by Gasteiger charge is 2.12. The van der Waals surface area contributed by atoms with Crippen LogP contribution in [-0.2, 0) is 11.3 Å². The number of nitrogens with one attached hydrogen (secondary N) is 1. The zero-order chi connectivity index (χ0) is 18.2. The van der Waals surface area contributed by atoms with Crippen LogP contribution in [0.1, 0.15) is 5.56 Å². The summed E-state index contributed by atoms with van der Waals surface area (Å²) < 4.78 is 5.19. The Morgan fingerprint density at radius 1 is 1.20 bits per heavy atom. The third kappa shape index (κ3) is 5.72. The summed E-state index contributed by atoms with van der Waals surface area (Å²) in [6.45, 7) is 0.444. The molecule has 132 valence electrons. The SMILES string of the molecule is COc1cccc(CN(C)C(=O)Nc2ccccc2SCC(N)=O)c1. The molecule has 0 unspecified atom stereocenters. The minimum absolute atomic E-state index is 0.159. The van der Waals surface area contributed by atoms with Crippen LogP contribution in [0.2, 0.25) is 0 Å². The van der Waals surface area contributed by atoms with Crippen LogP contribution in [0, 0.1) is 0 Å². The predicted octanol–water partition coefficient (Wildman–Crippen LogP) is 2.94. The van der Waals surface area contributed by atoms with Gasteiger partial charge in [0.2, 0.25) is 5.91 Å². The molecule has 0 heterocycles. The topological polar surface area (TPSA) is 84.7 Å². The Balaban J connectivity index is 2.02. The lowest BCUT2D eigenvalue weighted by Gasteiger charge is -2.19. The number of methoxy groups -OCH3 is 1. The molecule has 0 spiro atoms. The van der Waals surface area contributed by atoms with Gasteiger partial charge in [-0.25, -0.2) is 4.79 Å². The molecule has 3 amide bonds. The van der Waals surface area contributed by atoms with Crippen LogP contribution in [0.3, 0.4) is 0 Å². The number of benzene rings is 2. The average Bonchev–Trinajstić information content (AvgIpc) is 2.61. The molecule has 3 N–H and O–H groups in total. The third-order valence-electron chi connectivity index (χ3n) is 3.40. The maximum absolute atomic E-state index is 12.4. The number of carbonyl (C=O) groups is 2. The van der Waals surface area contributed by atoms with Gasteiger partial charge in [-0.2, -0.15) is 0 Å². The summed E-state index contributed by atoms with van der Waals surface area (Å²) in [5, 5.41) is 2.87. The molecule has 0 aromatic heterocycles. The Hall–Kier alpha value is -2.67. The highest BCUT2D eigenvalue weighted by Crippen LogP contribution is 2.27. The largest absolute Gasteiger partial charge is 0.497 e. The molecule has 0 bridgehead atoms. The summed E-state index contributed by atoms with van der Waals surface area (Å²) in [5.41, 5.74) is 6.80. The molecule has 0 fully saturated rings. The van der Waals surface area contributed by atoms with E-state index in [1.54, 1.807) is 25.1 Å². The van der Waals surface area contributed by atoms with Crippen LogP contribution in [0.25, 0.3) is 0 Å². The highest BCUT2D eigenvalue weighted by atomic mass is 32.2. The number of hydrogen-bond donors (Lipinski definition) is 2. The zero-order valence-corrected chi connectivity index (χ0v) is 15.0. The first-order valence-electron chi connectivity index (χ1n) is 7.64. The first-order valence-corrected chi connectivity index (χ1v) is 8.63. The number of hydrogen-bond acceptors (Lipinski definition) is 4. The molecule has 0 atom stereocenters. The van der Waals surface area contributed by atoms with Crippen molar-refractivity contribution in [3.05, 3.63) is 54.1 Å². The molecular formula is C18H21N3O3S. The van der Waals surface area contributed by atoms with E-state index in [9.17, 15) is 9.59 Å². The molecule has 7 heteroatoms. The molecular weight excluding hydrogens is 338 g/mol. The number of nitrogens with zero attached hydrogens (tertiary/aromatic N) is 1. The average molecular weight is 359 g/mol. The number of rotatable bonds is 7. The molecule has 2 aromatic carbocycles. The number of carbonyl (C=O) groups excluding carboxylic acids is 2. The van der Waals surface area contributed by atoms with E-state index >= 15 is 0 Å². The van der Waals surface area contributed by atoms with Gasteiger partial charge in [-0.05, 0) is 29.8 Å². The van der Waals surface area contributed by atoms with Gasteiger partial charge < -0.3 is 20.7 Å². The van der Waals surface area contributed by atoms with Gasteiger partial charge in [-0.3, -0.25) is 4.79 Å². The maximum Gasteiger partial charge on any atom is 0.321 e. The second kappa shape index (κ2) is 8.98. The van der Waals surface area contributed by atoms with Crippen molar-refractivity contribution in [3.8, 4) is 5.75 Å². The van der Waals surface area contributed by atoms with Gasteiger partial charge in [0.25, 0.3) is 0 Å². The van der Waals surface area contributed by atoms with Crippen LogP contribution < -0.4 is 15.8 Å². The van der Waals surface area contributed by atoms with Crippen LogP contribution in [0.15, 0.2) is 53.4 Å². The molecule has 0 radical (unpaired) electrons. The lowest BCUT2D eigenvalue weighted by Crippen LogP contribution is -2.31. The minimum Gasteiger partial charge on any atom is -0.497 e. The molecule has 25 heavy (non-hydrogen) atoms. The maximum atomic E-state index is 12.4. The Morgan fingerprint density at radius 2 is 1.96 bits per heavy atom. The van der Waals surface area contributed by atoms with Crippen molar-refractivity contribution in [1.29, 1.82) is 0 Å². The summed E-state index contributed by atoms with van der Waals surface area (Å²) in [6, 6.07) is 14.6. The standard InChI is InChI=1S/C18H21N3O3S/c1-21(11-13-6-5-7-14(10-13)24-2)18(23)20-15-8-3-4-9-16(15)25-12-17(19)22/h3-10H,11-12H2,1-2H3,(H2,19,22)(H,20,23). The molecule has 0 aliphatic rings. The first-order chi connectivity index (χ1) is 12.0. The number of primary amides is 1. The van der Waals surface area contributed by atoms with E-state index < -0.39 is 5.91 Å². The van der Waals surface area contributed by atoms with E-state index in [1.165, 1.54) is 11.8 Å². The van der Waals surface area contributed by atoms with Gasteiger partial charge in [0, 0.05) is 18.5 Å². The number of ether oxygens (including phenoxy) is 1. The molecule has 6 nitrogen and oxygen atoms in total. The number of nitrogens with two attached hydrogens (primary N) is 1. The van der Waals surface area contributed by atoms with Gasteiger partial charge in [0.15, 0.2) is 0 Å². The van der Waals surface area contributed by atoms with Crippen molar-refractivity contribution < 1.29 is 14.3 Å². The monoisotopic (exact) mass is 359 g/mol. The highest BCUT2D eigenvalue weighted by molar-refractivity contribution is 8.00. The van der Waals surface area contributed by atoms with Gasteiger partial charge >= 0.3 is 6.03 Å². The quantitative estimate of drug-likeness (QED) is 0.745. The van der Waals surface area contributed by atoms with E-state index in [2.05, 4.69) is 5.32 Å². The lowest BCUT2D eigenvalue weighted by molar-refractivity contribution is -0.115. The van der Waals surface area contributed by atoms with Crippen molar-refractivity contribution in [1.82, 2.24) is 4.90 Å². The Labute approximate surface area is 151 Å². The summed E-state index contributed by atoms with van der Waals surface area (Å²) in [6.07, 6.45) is 0. The number of anilines is 1. The zero-order valence-electron chi connectivity index (χ0n) is 14.2. The van der Waals surface area contributed by atoms with Gasteiger partial charge in [-0.1, -0.05) is 24.3 Å². The number of amides is 3. The lowest BCUT2D eigenvalue weighted by atomic mass is 10.2. The van der Waals surface area contributed by atoms with Crippen LogP contribution in [-0.4, -0.2) is 36.7 Å². The van der Waals surface area contributed by atoms with Crippen molar-refractivity contribution in [2.45, 2.75) is 11.4 Å². The number of urea groups is 1. The van der Waals surface area contributed by atoms with E-state index in [1.807, 2.05) is 42.5 Å². The molecule has 0 saturated heterocycles. The van der Waals surface area contributed by atoms with Crippen LogP contribution in [0.5, 0.6) is 5.75 Å². The number of thioether (sulfide) groups is 1. The van der Waals surface area contributed by atoms with Crippen molar-refractivity contribution in [2.75, 3.05) is 25.2 Å². The van der Waals surface area contributed by atoms with E-state index in [-0.39, 0.29) is 11.8 Å². The van der Waals surface area contributed by atoms with Crippen LogP contribution >= 0.6 is 11.8 Å². The summed E-state index contributed by atoms with van der Waals surface area (Å²) in [5.74, 6) is 0.507. The summed E-state index contributed by atoms with van der Waals surface area (Å²) >= 11 is 1.29.